The fourth-order valence-electron chi connectivity index (χ4n) is 2.25. The highest BCUT2D eigenvalue weighted by molar-refractivity contribution is 9.12. The molecule has 2 nitrogen and oxygen atoms in total. The average Bonchev–Trinajstić information content (AvgIpc) is 2.47. The number of allylic oxidation sites excluding steroid dienone is 2. The molecule has 0 aromatic heterocycles. The van der Waals surface area contributed by atoms with Crippen LogP contribution < -0.4 is 0 Å². The molecule has 0 atom stereocenters. The maximum Gasteiger partial charge on any atom is 0.201 e. The second-order valence-corrected chi connectivity index (χ2v) is 6.02. The predicted molar refractivity (Wildman–Crippen MR) is 85.1 cm³/mol. The molecule has 2 aromatic carbocycles. The van der Waals surface area contributed by atoms with E-state index in [2.05, 4.69) is 31.9 Å². The molecule has 0 heterocycles. The maximum absolute atomic E-state index is 12.7. The Labute approximate surface area is 132 Å². The smallest absolute Gasteiger partial charge is 0.201 e. The Bertz CT molecular complexity index is 776. The summed E-state index contributed by atoms with van der Waals surface area (Å²) >= 11 is 6.72. The van der Waals surface area contributed by atoms with Crippen molar-refractivity contribution in [1.29, 1.82) is 0 Å². The van der Waals surface area contributed by atoms with Gasteiger partial charge in [-0.05, 0) is 22.0 Å². The number of carbonyl (C=O) groups is 2. The molecule has 0 amide bonds. The summed E-state index contributed by atoms with van der Waals surface area (Å²) in [6.07, 6.45) is 0. The van der Waals surface area contributed by atoms with E-state index in [4.69, 9.17) is 0 Å². The molecule has 20 heavy (non-hydrogen) atoms. The minimum Gasteiger partial charge on any atom is -0.289 e. The molecule has 0 N–H and O–H groups in total. The van der Waals surface area contributed by atoms with Crippen molar-refractivity contribution >= 4 is 49.0 Å². The molecule has 0 aliphatic heterocycles. The molecule has 98 valence electrons. The van der Waals surface area contributed by atoms with Crippen LogP contribution in [-0.4, -0.2) is 11.6 Å². The molecular weight excluding hydrogens is 384 g/mol. The lowest BCUT2D eigenvalue weighted by molar-refractivity contribution is 0.0999. The van der Waals surface area contributed by atoms with Crippen molar-refractivity contribution in [2.75, 3.05) is 0 Å². The second kappa shape index (κ2) is 5.11. The van der Waals surface area contributed by atoms with Crippen LogP contribution >= 0.6 is 31.9 Å². The van der Waals surface area contributed by atoms with E-state index in [1.807, 2.05) is 24.3 Å². The topological polar surface area (TPSA) is 34.1 Å². The molecule has 3 rings (SSSR count). The van der Waals surface area contributed by atoms with E-state index in [0.29, 0.717) is 26.7 Å². The van der Waals surface area contributed by atoms with E-state index in [1.165, 1.54) is 0 Å². The Balaban J connectivity index is 2.28. The zero-order valence-electron chi connectivity index (χ0n) is 10.2. The third kappa shape index (κ3) is 2.00. The number of halogens is 2. The average molecular weight is 392 g/mol. The van der Waals surface area contributed by atoms with Gasteiger partial charge in [-0.3, -0.25) is 9.59 Å². The van der Waals surface area contributed by atoms with E-state index in [-0.39, 0.29) is 11.6 Å². The summed E-state index contributed by atoms with van der Waals surface area (Å²) in [6.45, 7) is 0. The fraction of sp³-hybridized carbons (Fsp3) is 0. The number of benzene rings is 2. The van der Waals surface area contributed by atoms with Crippen molar-refractivity contribution in [3.63, 3.8) is 0 Å². The molecule has 0 saturated heterocycles. The van der Waals surface area contributed by atoms with Crippen molar-refractivity contribution < 1.29 is 9.59 Å². The van der Waals surface area contributed by atoms with E-state index in [1.54, 1.807) is 24.3 Å². The van der Waals surface area contributed by atoms with Gasteiger partial charge in [-0.2, -0.15) is 0 Å². The van der Waals surface area contributed by atoms with Gasteiger partial charge in [0.1, 0.15) is 0 Å². The molecule has 1 aliphatic rings. The number of carbonyl (C=O) groups excluding carboxylic acids is 2. The van der Waals surface area contributed by atoms with Gasteiger partial charge >= 0.3 is 0 Å². The van der Waals surface area contributed by atoms with Crippen LogP contribution in [0.5, 0.6) is 0 Å². The summed E-state index contributed by atoms with van der Waals surface area (Å²) in [5.41, 5.74) is 2.01. The van der Waals surface area contributed by atoms with Gasteiger partial charge in [0.05, 0.1) is 4.48 Å². The van der Waals surface area contributed by atoms with Gasteiger partial charge in [0.15, 0.2) is 5.78 Å². The first-order valence-corrected chi connectivity index (χ1v) is 7.53. The third-order valence-electron chi connectivity index (χ3n) is 3.21. The molecule has 0 unspecified atom stereocenters. The van der Waals surface area contributed by atoms with Crippen molar-refractivity contribution in [2.45, 2.75) is 0 Å². The van der Waals surface area contributed by atoms with Gasteiger partial charge < -0.3 is 0 Å². The first-order chi connectivity index (χ1) is 9.61. The minimum absolute atomic E-state index is 0.140. The quantitative estimate of drug-likeness (QED) is 0.709. The lowest BCUT2D eigenvalue weighted by Gasteiger charge is -2.18. The zero-order chi connectivity index (χ0) is 14.3. The van der Waals surface area contributed by atoms with Crippen LogP contribution in [0.2, 0.25) is 0 Å². The van der Waals surface area contributed by atoms with E-state index >= 15 is 0 Å². The lowest BCUT2D eigenvalue weighted by Crippen LogP contribution is -2.19. The number of ketones is 2. The van der Waals surface area contributed by atoms with Crippen LogP contribution in [0.1, 0.15) is 26.3 Å². The lowest BCUT2D eigenvalue weighted by atomic mass is 9.86. The minimum atomic E-state index is -0.161. The van der Waals surface area contributed by atoms with Crippen molar-refractivity contribution in [3.8, 4) is 0 Å². The summed E-state index contributed by atoms with van der Waals surface area (Å²) in [4.78, 5) is 25.0. The molecule has 0 saturated carbocycles. The van der Waals surface area contributed by atoms with Crippen molar-refractivity contribution in [3.05, 3.63) is 74.2 Å². The second-order valence-electron chi connectivity index (χ2n) is 4.37. The first-order valence-electron chi connectivity index (χ1n) is 5.94. The van der Waals surface area contributed by atoms with E-state index < -0.39 is 0 Å². The Kier molecular flexibility index (Phi) is 3.44. The fourth-order valence-corrected chi connectivity index (χ4v) is 3.34. The molecule has 0 bridgehead atoms. The number of fused-ring (bicyclic) bond motifs is 1. The van der Waals surface area contributed by atoms with Crippen LogP contribution in [0, 0.1) is 0 Å². The Hall–Kier alpha value is -1.52. The van der Waals surface area contributed by atoms with Gasteiger partial charge in [0, 0.05) is 26.7 Å². The van der Waals surface area contributed by atoms with Gasteiger partial charge in [0.25, 0.3) is 0 Å². The number of Topliss-reactive ketones (excluding diaryl/α,β-unsaturated/α-hetero) is 2. The molecule has 1 aliphatic carbocycles. The standard InChI is InChI=1S/C16H8Br2O2/c17-12-8-4-3-7-11(12)13-14(18)16(20)10-6-2-1-5-9(10)15(13)19/h1-8H. The third-order valence-corrected chi connectivity index (χ3v) is 4.65. The molecule has 2 aromatic rings. The summed E-state index contributed by atoms with van der Waals surface area (Å²) in [5.74, 6) is -0.301. The highest BCUT2D eigenvalue weighted by atomic mass is 79.9. The van der Waals surface area contributed by atoms with Crippen molar-refractivity contribution in [2.24, 2.45) is 0 Å². The summed E-state index contributed by atoms with van der Waals surface area (Å²) in [7, 11) is 0. The predicted octanol–water partition coefficient (Wildman–Crippen LogP) is 4.63. The number of rotatable bonds is 1. The van der Waals surface area contributed by atoms with Crippen LogP contribution in [0.25, 0.3) is 5.57 Å². The molecule has 4 heteroatoms. The Morgan fingerprint density at radius 2 is 1.15 bits per heavy atom. The molecular formula is C16H8Br2O2. The van der Waals surface area contributed by atoms with Gasteiger partial charge in [-0.1, -0.05) is 58.4 Å². The van der Waals surface area contributed by atoms with Crippen LogP contribution in [0.15, 0.2) is 57.5 Å². The van der Waals surface area contributed by atoms with Crippen LogP contribution in [-0.2, 0) is 0 Å². The van der Waals surface area contributed by atoms with Crippen LogP contribution in [0.4, 0.5) is 0 Å². The van der Waals surface area contributed by atoms with E-state index in [9.17, 15) is 9.59 Å². The highest BCUT2D eigenvalue weighted by Gasteiger charge is 2.32. The SMILES string of the molecule is O=C1C(Br)=C(c2ccccc2Br)C(=O)c2ccccc21. The molecule has 0 fully saturated rings. The largest absolute Gasteiger partial charge is 0.289 e. The van der Waals surface area contributed by atoms with E-state index in [0.717, 1.165) is 4.47 Å². The summed E-state index contributed by atoms with van der Waals surface area (Å²) in [5, 5.41) is 0. The van der Waals surface area contributed by atoms with Gasteiger partial charge in [-0.25, -0.2) is 0 Å². The van der Waals surface area contributed by atoms with Crippen molar-refractivity contribution in [1.82, 2.24) is 0 Å². The zero-order valence-corrected chi connectivity index (χ0v) is 13.4. The number of hydrogen-bond donors (Lipinski definition) is 0. The van der Waals surface area contributed by atoms with Gasteiger partial charge in [-0.15, -0.1) is 0 Å². The normalized spacial score (nSPS) is 14.5. The van der Waals surface area contributed by atoms with Crippen LogP contribution in [0.3, 0.4) is 0 Å². The maximum atomic E-state index is 12.7. The summed E-state index contributed by atoms with van der Waals surface area (Å²) in [6, 6.07) is 14.3. The molecule has 0 spiro atoms. The number of hydrogen-bond acceptors (Lipinski definition) is 2. The Morgan fingerprint density at radius 3 is 1.75 bits per heavy atom. The highest BCUT2D eigenvalue weighted by Crippen LogP contribution is 2.37. The summed E-state index contributed by atoms with van der Waals surface area (Å²) < 4.78 is 1.10. The monoisotopic (exact) mass is 390 g/mol. The Morgan fingerprint density at radius 1 is 0.650 bits per heavy atom. The van der Waals surface area contributed by atoms with Gasteiger partial charge in [0.2, 0.25) is 5.78 Å². The first kappa shape index (κ1) is 13.5. The molecule has 0 radical (unpaired) electrons.